The average Bonchev–Trinajstić information content (AvgIpc) is 3.23. The number of amides is 2. The number of nitrogens with zero attached hydrogens (tertiary/aromatic N) is 4. The molecule has 1 unspecified atom stereocenters. The predicted octanol–water partition coefficient (Wildman–Crippen LogP) is 2.38. The zero-order valence-electron chi connectivity index (χ0n) is 13.8. The summed E-state index contributed by atoms with van der Waals surface area (Å²) in [6, 6.07) is 4.84. The van der Waals surface area contributed by atoms with Gasteiger partial charge in [0.15, 0.2) is 0 Å². The van der Waals surface area contributed by atoms with Crippen molar-refractivity contribution in [3.63, 3.8) is 0 Å². The van der Waals surface area contributed by atoms with Crippen LogP contribution in [0.1, 0.15) is 30.2 Å². The summed E-state index contributed by atoms with van der Waals surface area (Å²) < 4.78 is 14.8. The Morgan fingerprint density at radius 3 is 2.76 bits per heavy atom. The van der Waals surface area contributed by atoms with E-state index in [-0.39, 0.29) is 5.82 Å². The molecule has 2 aromatic heterocycles. The number of hydrogen-bond acceptors (Lipinski definition) is 4. The van der Waals surface area contributed by atoms with Crippen LogP contribution in [0.4, 0.5) is 15.1 Å². The molecule has 0 spiro atoms. The quantitative estimate of drug-likeness (QED) is 0.662. The summed E-state index contributed by atoms with van der Waals surface area (Å²) >= 11 is 0. The fraction of sp³-hybridized carbons (Fsp3) is 0.250. The number of carbonyl (C=O) groups is 1. The number of anilines is 1. The Bertz CT molecular complexity index is 842. The van der Waals surface area contributed by atoms with Gasteiger partial charge in [-0.2, -0.15) is 10.1 Å². The minimum Gasteiger partial charge on any atom is -0.347 e. The Balaban J connectivity index is 1.80. The van der Waals surface area contributed by atoms with Crippen molar-refractivity contribution in [1.29, 1.82) is 0 Å². The van der Waals surface area contributed by atoms with E-state index in [0.29, 0.717) is 29.7 Å². The van der Waals surface area contributed by atoms with Crippen molar-refractivity contribution in [3.8, 4) is 0 Å². The molecule has 0 aliphatic rings. The van der Waals surface area contributed by atoms with E-state index in [1.165, 1.54) is 12.1 Å². The topological polar surface area (TPSA) is 101 Å². The van der Waals surface area contributed by atoms with Gasteiger partial charge in [0.25, 0.3) is 0 Å². The summed E-state index contributed by atoms with van der Waals surface area (Å²) in [6.45, 7) is 4.23. The van der Waals surface area contributed by atoms with E-state index in [0.717, 1.165) is 0 Å². The van der Waals surface area contributed by atoms with E-state index in [1.807, 2.05) is 6.92 Å². The number of carbonyl (C=O) groups excluding carboxylic acids is 1. The SMILES string of the molecule is CCn1nc(C)nc1NC(=O)NC(c1ccc(F)cc1)c1ncc[nH]1. The highest BCUT2D eigenvalue weighted by Gasteiger charge is 2.20. The van der Waals surface area contributed by atoms with Crippen LogP contribution in [0, 0.1) is 12.7 Å². The highest BCUT2D eigenvalue weighted by atomic mass is 19.1. The van der Waals surface area contributed by atoms with Crippen molar-refractivity contribution >= 4 is 12.0 Å². The predicted molar refractivity (Wildman–Crippen MR) is 89.4 cm³/mol. The number of rotatable bonds is 5. The fourth-order valence-corrected chi connectivity index (χ4v) is 2.44. The molecule has 130 valence electrons. The van der Waals surface area contributed by atoms with Gasteiger partial charge in [-0.25, -0.2) is 18.9 Å². The maximum atomic E-state index is 13.2. The van der Waals surface area contributed by atoms with Crippen LogP contribution >= 0.6 is 0 Å². The number of H-pyrrole nitrogens is 1. The summed E-state index contributed by atoms with van der Waals surface area (Å²) in [5.74, 6) is 1.11. The van der Waals surface area contributed by atoms with Crippen LogP contribution < -0.4 is 10.6 Å². The van der Waals surface area contributed by atoms with Crippen molar-refractivity contribution in [3.05, 3.63) is 59.7 Å². The number of nitrogens with one attached hydrogen (secondary N) is 3. The van der Waals surface area contributed by atoms with Gasteiger partial charge in [-0.3, -0.25) is 5.32 Å². The maximum absolute atomic E-state index is 13.2. The van der Waals surface area contributed by atoms with E-state index < -0.39 is 12.1 Å². The molecule has 3 N–H and O–H groups in total. The van der Waals surface area contributed by atoms with Crippen molar-refractivity contribution in [2.75, 3.05) is 5.32 Å². The molecule has 3 aromatic rings. The van der Waals surface area contributed by atoms with Gasteiger partial charge in [0.1, 0.15) is 23.5 Å². The number of aromatic amines is 1. The highest BCUT2D eigenvalue weighted by molar-refractivity contribution is 5.88. The zero-order valence-corrected chi connectivity index (χ0v) is 13.8. The Kier molecular flexibility index (Phi) is 4.73. The highest BCUT2D eigenvalue weighted by Crippen LogP contribution is 2.19. The van der Waals surface area contributed by atoms with E-state index in [4.69, 9.17) is 0 Å². The minimum absolute atomic E-state index is 0.349. The van der Waals surface area contributed by atoms with Crippen LogP contribution in [0.25, 0.3) is 0 Å². The standard InChI is InChI=1S/C16H18FN7O/c1-3-24-15(20-10(2)23-24)22-16(25)21-13(14-18-8-9-19-14)11-4-6-12(17)7-5-11/h4-9,13H,3H2,1-2H3,(H,18,19)(H2,20,21,22,23,25). The minimum atomic E-state index is -0.560. The van der Waals surface area contributed by atoms with Crippen LogP contribution in [0.5, 0.6) is 0 Å². The van der Waals surface area contributed by atoms with Gasteiger partial charge in [-0.05, 0) is 31.5 Å². The number of imidazole rings is 1. The van der Waals surface area contributed by atoms with Gasteiger partial charge >= 0.3 is 6.03 Å². The fourth-order valence-electron chi connectivity index (χ4n) is 2.44. The van der Waals surface area contributed by atoms with E-state index in [9.17, 15) is 9.18 Å². The molecule has 1 aromatic carbocycles. The van der Waals surface area contributed by atoms with Crippen LogP contribution in [-0.2, 0) is 6.54 Å². The molecule has 2 heterocycles. The number of hydrogen-bond donors (Lipinski definition) is 3. The lowest BCUT2D eigenvalue weighted by Gasteiger charge is -2.17. The molecule has 0 radical (unpaired) electrons. The van der Waals surface area contributed by atoms with Gasteiger partial charge in [0.05, 0.1) is 0 Å². The van der Waals surface area contributed by atoms with Gasteiger partial charge in [-0.15, -0.1) is 0 Å². The molecule has 8 nitrogen and oxygen atoms in total. The lowest BCUT2D eigenvalue weighted by molar-refractivity contribution is 0.249. The molecular weight excluding hydrogens is 325 g/mol. The number of aryl methyl sites for hydroxylation is 2. The van der Waals surface area contributed by atoms with Crippen LogP contribution in [-0.4, -0.2) is 30.8 Å². The Labute approximate surface area is 143 Å². The molecule has 1 atom stereocenters. The molecule has 25 heavy (non-hydrogen) atoms. The summed E-state index contributed by atoms with van der Waals surface area (Å²) in [5, 5.41) is 9.68. The molecule has 0 saturated heterocycles. The van der Waals surface area contributed by atoms with Crippen molar-refractivity contribution in [2.45, 2.75) is 26.4 Å². The lowest BCUT2D eigenvalue weighted by atomic mass is 10.1. The van der Waals surface area contributed by atoms with E-state index in [2.05, 4.69) is 30.7 Å². The Hall–Kier alpha value is -3.23. The second kappa shape index (κ2) is 7.12. The number of urea groups is 1. The van der Waals surface area contributed by atoms with Crippen LogP contribution in [0.3, 0.4) is 0 Å². The Morgan fingerprint density at radius 1 is 1.36 bits per heavy atom. The monoisotopic (exact) mass is 343 g/mol. The third kappa shape index (κ3) is 3.82. The van der Waals surface area contributed by atoms with Crippen molar-refractivity contribution < 1.29 is 9.18 Å². The van der Waals surface area contributed by atoms with Crippen molar-refractivity contribution in [1.82, 2.24) is 30.0 Å². The molecule has 0 aliphatic carbocycles. The first-order chi connectivity index (χ1) is 12.1. The lowest BCUT2D eigenvalue weighted by Crippen LogP contribution is -2.34. The molecule has 3 rings (SSSR count). The first kappa shape index (κ1) is 16.6. The number of aromatic nitrogens is 5. The van der Waals surface area contributed by atoms with Crippen molar-refractivity contribution in [2.24, 2.45) is 0 Å². The molecule has 0 fully saturated rings. The molecule has 2 amide bonds. The van der Waals surface area contributed by atoms with Gasteiger partial charge in [0.2, 0.25) is 5.95 Å². The second-order valence-corrected chi connectivity index (χ2v) is 5.36. The zero-order chi connectivity index (χ0) is 17.8. The van der Waals surface area contributed by atoms with E-state index >= 15 is 0 Å². The number of halogens is 1. The largest absolute Gasteiger partial charge is 0.347 e. The molecule has 0 aliphatic heterocycles. The van der Waals surface area contributed by atoms with Gasteiger partial charge < -0.3 is 10.3 Å². The van der Waals surface area contributed by atoms with Gasteiger partial charge in [-0.1, -0.05) is 12.1 Å². The smallest absolute Gasteiger partial charge is 0.322 e. The first-order valence-electron chi connectivity index (χ1n) is 7.80. The first-order valence-corrected chi connectivity index (χ1v) is 7.80. The number of benzene rings is 1. The Morgan fingerprint density at radius 2 is 2.12 bits per heavy atom. The average molecular weight is 343 g/mol. The maximum Gasteiger partial charge on any atom is 0.322 e. The summed E-state index contributed by atoms with van der Waals surface area (Å²) in [5.41, 5.74) is 0.694. The summed E-state index contributed by atoms with van der Waals surface area (Å²) in [7, 11) is 0. The molecule has 9 heteroatoms. The molecule has 0 saturated carbocycles. The normalized spacial score (nSPS) is 12.0. The summed E-state index contributed by atoms with van der Waals surface area (Å²) in [6.07, 6.45) is 3.24. The van der Waals surface area contributed by atoms with Crippen LogP contribution in [0.15, 0.2) is 36.7 Å². The van der Waals surface area contributed by atoms with E-state index in [1.54, 1.807) is 36.1 Å². The van der Waals surface area contributed by atoms with Gasteiger partial charge in [0, 0.05) is 18.9 Å². The molecule has 0 bridgehead atoms. The third-order valence-electron chi connectivity index (χ3n) is 3.57. The van der Waals surface area contributed by atoms with Crippen LogP contribution in [0.2, 0.25) is 0 Å². The second-order valence-electron chi connectivity index (χ2n) is 5.36. The summed E-state index contributed by atoms with van der Waals surface area (Å²) in [4.78, 5) is 23.8. The molecular formula is C16H18FN7O. The third-order valence-corrected chi connectivity index (χ3v) is 3.57.